The summed E-state index contributed by atoms with van der Waals surface area (Å²) < 4.78 is 1.14. The molecule has 1 aromatic carbocycles. The van der Waals surface area contributed by atoms with Gasteiger partial charge < -0.3 is 5.32 Å². The van der Waals surface area contributed by atoms with Gasteiger partial charge in [-0.05, 0) is 43.4 Å². The second-order valence-electron chi connectivity index (χ2n) is 6.60. The summed E-state index contributed by atoms with van der Waals surface area (Å²) in [5.74, 6) is 0. The molecule has 0 bridgehead atoms. The number of nitrogens with one attached hydrogen (secondary N) is 1. The lowest BCUT2D eigenvalue weighted by atomic mass is 9.82. The summed E-state index contributed by atoms with van der Waals surface area (Å²) in [7, 11) is 0. The van der Waals surface area contributed by atoms with Gasteiger partial charge in [0.1, 0.15) is 0 Å². The minimum absolute atomic E-state index is 0. The van der Waals surface area contributed by atoms with Crippen molar-refractivity contribution in [2.75, 3.05) is 0 Å². The lowest BCUT2D eigenvalue weighted by molar-refractivity contribution is 0.241. The Bertz CT molecular complexity index is 369. The minimum atomic E-state index is 0. The number of hydrogen-bond donors (Lipinski definition) is 1. The van der Waals surface area contributed by atoms with Crippen LogP contribution in [0.1, 0.15) is 46.6 Å². The highest BCUT2D eigenvalue weighted by Crippen LogP contribution is 2.27. The molecule has 0 spiro atoms. The summed E-state index contributed by atoms with van der Waals surface area (Å²) in [4.78, 5) is 0. The first-order valence-electron chi connectivity index (χ1n) is 6.17. The molecule has 0 aromatic heterocycles. The summed E-state index contributed by atoms with van der Waals surface area (Å²) in [6.07, 6.45) is 1.16. The monoisotopic (exact) mass is 333 g/mol. The highest BCUT2D eigenvalue weighted by molar-refractivity contribution is 9.10. The topological polar surface area (TPSA) is 12.0 Å². The fourth-order valence-electron chi connectivity index (χ4n) is 2.38. The normalized spacial score (nSPS) is 12.1. The van der Waals surface area contributed by atoms with Crippen molar-refractivity contribution in [2.45, 2.75) is 53.1 Å². The summed E-state index contributed by atoms with van der Waals surface area (Å²) >= 11 is 3.50. The van der Waals surface area contributed by atoms with E-state index in [9.17, 15) is 0 Å². The highest BCUT2D eigenvalue weighted by atomic mass is 79.9. The van der Waals surface area contributed by atoms with Crippen LogP contribution in [-0.2, 0) is 6.54 Å². The number of halogens is 2. The predicted molar refractivity (Wildman–Crippen MR) is 86.4 cm³/mol. The van der Waals surface area contributed by atoms with Gasteiger partial charge in [-0.25, -0.2) is 0 Å². The Morgan fingerprint density at radius 1 is 1.11 bits per heavy atom. The molecular weight excluding hydrogens is 310 g/mol. The van der Waals surface area contributed by atoms with Crippen molar-refractivity contribution < 1.29 is 0 Å². The molecule has 0 radical (unpaired) electrons. The molecular formula is C15H25BrClN. The molecule has 0 saturated carbocycles. The van der Waals surface area contributed by atoms with E-state index in [-0.39, 0.29) is 17.9 Å². The molecule has 0 heterocycles. The molecule has 1 N–H and O–H groups in total. The van der Waals surface area contributed by atoms with Gasteiger partial charge in [-0.15, -0.1) is 12.4 Å². The van der Waals surface area contributed by atoms with E-state index in [1.54, 1.807) is 0 Å². The van der Waals surface area contributed by atoms with Crippen molar-refractivity contribution in [3.63, 3.8) is 0 Å². The Hall–Kier alpha value is -0.0500. The van der Waals surface area contributed by atoms with Gasteiger partial charge in [0.15, 0.2) is 0 Å². The van der Waals surface area contributed by atoms with E-state index < -0.39 is 0 Å². The number of rotatable bonds is 4. The molecule has 0 aliphatic rings. The predicted octanol–water partition coefficient (Wildman–Crippen LogP) is 5.18. The minimum Gasteiger partial charge on any atom is -0.308 e. The average Bonchev–Trinajstić information content (AvgIpc) is 2.11. The van der Waals surface area contributed by atoms with Gasteiger partial charge in [0, 0.05) is 16.6 Å². The molecule has 1 aromatic rings. The van der Waals surface area contributed by atoms with Crippen LogP contribution in [0.25, 0.3) is 0 Å². The van der Waals surface area contributed by atoms with Crippen molar-refractivity contribution in [3.8, 4) is 0 Å². The average molecular weight is 335 g/mol. The van der Waals surface area contributed by atoms with Gasteiger partial charge in [0.2, 0.25) is 0 Å². The third kappa shape index (κ3) is 7.40. The van der Waals surface area contributed by atoms with Gasteiger partial charge in [-0.3, -0.25) is 0 Å². The molecule has 0 aliphatic heterocycles. The largest absolute Gasteiger partial charge is 0.308 e. The van der Waals surface area contributed by atoms with Gasteiger partial charge in [0.25, 0.3) is 0 Å². The van der Waals surface area contributed by atoms with E-state index in [1.807, 2.05) is 0 Å². The van der Waals surface area contributed by atoms with Crippen LogP contribution in [0.3, 0.4) is 0 Å². The quantitative estimate of drug-likeness (QED) is 0.800. The summed E-state index contributed by atoms with van der Waals surface area (Å²) in [5, 5.41) is 3.64. The molecule has 0 atom stereocenters. The Morgan fingerprint density at radius 3 is 2.22 bits per heavy atom. The zero-order chi connectivity index (χ0) is 13.1. The van der Waals surface area contributed by atoms with Crippen LogP contribution in [0.15, 0.2) is 28.7 Å². The molecule has 3 heteroatoms. The second-order valence-corrected chi connectivity index (χ2v) is 7.52. The van der Waals surface area contributed by atoms with Gasteiger partial charge in [-0.1, -0.05) is 48.8 Å². The molecule has 0 amide bonds. The van der Waals surface area contributed by atoms with Crippen LogP contribution in [0, 0.1) is 5.41 Å². The summed E-state index contributed by atoms with van der Waals surface area (Å²) in [5.41, 5.74) is 1.84. The lowest BCUT2D eigenvalue weighted by Crippen LogP contribution is -2.41. The fourth-order valence-corrected chi connectivity index (χ4v) is 2.82. The molecule has 1 nitrogen and oxygen atoms in total. The molecule has 18 heavy (non-hydrogen) atoms. The molecule has 104 valence electrons. The van der Waals surface area contributed by atoms with E-state index in [4.69, 9.17) is 0 Å². The maximum Gasteiger partial charge on any atom is 0.0210 e. The molecule has 0 aliphatic carbocycles. The van der Waals surface area contributed by atoms with E-state index in [1.165, 1.54) is 5.56 Å². The van der Waals surface area contributed by atoms with Crippen LogP contribution in [0.4, 0.5) is 0 Å². The van der Waals surface area contributed by atoms with Crippen LogP contribution in [-0.4, -0.2) is 5.54 Å². The summed E-state index contributed by atoms with van der Waals surface area (Å²) in [6.45, 7) is 12.3. The van der Waals surface area contributed by atoms with Crippen molar-refractivity contribution in [2.24, 2.45) is 5.41 Å². The zero-order valence-electron chi connectivity index (χ0n) is 12.0. The first-order chi connectivity index (χ1) is 7.68. The Balaban J connectivity index is 0.00000289. The van der Waals surface area contributed by atoms with Crippen LogP contribution >= 0.6 is 28.3 Å². The fraction of sp³-hybridized carbons (Fsp3) is 0.600. The second kappa shape index (κ2) is 6.93. The molecule has 0 fully saturated rings. The Labute approximate surface area is 126 Å². The van der Waals surface area contributed by atoms with E-state index in [0.717, 1.165) is 17.4 Å². The Kier molecular flexibility index (Phi) is 6.91. The smallest absolute Gasteiger partial charge is 0.0210 e. The maximum absolute atomic E-state index is 3.64. The van der Waals surface area contributed by atoms with Crippen LogP contribution in [0.2, 0.25) is 0 Å². The van der Waals surface area contributed by atoms with Crippen LogP contribution < -0.4 is 5.32 Å². The highest BCUT2D eigenvalue weighted by Gasteiger charge is 2.24. The molecule has 0 unspecified atom stereocenters. The molecule has 0 saturated heterocycles. The van der Waals surface area contributed by atoms with Crippen molar-refractivity contribution in [1.29, 1.82) is 0 Å². The standard InChI is InChI=1S/C15H24BrN.ClH/c1-14(2,3)11-15(4,5)17-10-12-7-6-8-13(16)9-12;/h6-9,17H,10-11H2,1-5H3;1H. The van der Waals surface area contributed by atoms with Gasteiger partial charge >= 0.3 is 0 Å². The van der Waals surface area contributed by atoms with Crippen molar-refractivity contribution in [1.82, 2.24) is 5.32 Å². The first kappa shape index (κ1) is 17.9. The first-order valence-corrected chi connectivity index (χ1v) is 6.97. The zero-order valence-corrected chi connectivity index (χ0v) is 14.4. The molecule has 1 rings (SSSR count). The SMILES string of the molecule is CC(C)(C)CC(C)(C)NCc1cccc(Br)c1.Cl. The van der Waals surface area contributed by atoms with Crippen LogP contribution in [0.5, 0.6) is 0 Å². The van der Waals surface area contributed by atoms with Gasteiger partial charge in [-0.2, -0.15) is 0 Å². The number of hydrogen-bond acceptors (Lipinski definition) is 1. The van der Waals surface area contributed by atoms with Gasteiger partial charge in [0.05, 0.1) is 0 Å². The van der Waals surface area contributed by atoms with E-state index in [0.29, 0.717) is 5.41 Å². The van der Waals surface area contributed by atoms with E-state index in [2.05, 4.69) is 80.1 Å². The van der Waals surface area contributed by atoms with Crippen molar-refractivity contribution in [3.05, 3.63) is 34.3 Å². The van der Waals surface area contributed by atoms with E-state index >= 15 is 0 Å². The van der Waals surface area contributed by atoms with Crippen molar-refractivity contribution >= 4 is 28.3 Å². The third-order valence-corrected chi connectivity index (χ3v) is 3.13. The lowest BCUT2D eigenvalue weighted by Gasteiger charge is -2.33. The maximum atomic E-state index is 3.64. The number of benzene rings is 1. The Morgan fingerprint density at radius 2 is 1.72 bits per heavy atom. The third-order valence-electron chi connectivity index (χ3n) is 2.63. The summed E-state index contributed by atoms with van der Waals surface area (Å²) in [6, 6.07) is 8.47.